The van der Waals surface area contributed by atoms with Crippen LogP contribution in [0.5, 0.6) is 0 Å². The Bertz CT molecular complexity index is 620. The molecular weight excluding hydrogens is 276 g/mol. The zero-order chi connectivity index (χ0) is 14.7. The Morgan fingerprint density at radius 2 is 2.00 bits per heavy atom. The van der Waals surface area contributed by atoms with Crippen LogP contribution in [0.4, 0.5) is 0 Å². The van der Waals surface area contributed by atoms with Gasteiger partial charge in [-0.15, -0.1) is 0 Å². The van der Waals surface area contributed by atoms with Crippen LogP contribution in [0.2, 0.25) is 0 Å². The molecule has 1 aromatic rings. The number of benzene rings is 1. The Morgan fingerprint density at radius 1 is 1.25 bits per heavy atom. The van der Waals surface area contributed by atoms with Gasteiger partial charge in [0.05, 0.1) is 12.1 Å². The number of nitrogens with zero attached hydrogens (tertiary/aromatic N) is 1. The number of imide groups is 1. The van der Waals surface area contributed by atoms with Gasteiger partial charge in [0.25, 0.3) is 11.8 Å². The van der Waals surface area contributed by atoms with Gasteiger partial charge in [0.15, 0.2) is 0 Å². The molecule has 0 spiro atoms. The maximum Gasteiger partial charge on any atom is 0.259 e. The fourth-order valence-electron chi connectivity index (χ4n) is 1.90. The van der Waals surface area contributed by atoms with E-state index in [1.807, 2.05) is 19.9 Å². The van der Waals surface area contributed by atoms with E-state index in [1.54, 1.807) is 24.3 Å². The van der Waals surface area contributed by atoms with Crippen LogP contribution in [0.15, 0.2) is 42.1 Å². The molecular formula is C15H15ClN2O2. The number of aryl methyl sites for hydroxylation is 1. The molecule has 5 heteroatoms. The lowest BCUT2D eigenvalue weighted by molar-refractivity contribution is -0.116. The van der Waals surface area contributed by atoms with Crippen molar-refractivity contribution in [1.29, 1.82) is 0 Å². The van der Waals surface area contributed by atoms with Crippen LogP contribution < -0.4 is 5.32 Å². The molecule has 0 aliphatic carbocycles. The zero-order valence-electron chi connectivity index (χ0n) is 11.3. The molecule has 4 nitrogen and oxygen atoms in total. The molecule has 0 atom stereocenters. The monoisotopic (exact) mass is 290 g/mol. The van der Waals surface area contributed by atoms with Crippen molar-refractivity contribution in [3.63, 3.8) is 0 Å². The summed E-state index contributed by atoms with van der Waals surface area (Å²) in [5.41, 5.74) is 2.73. The molecule has 1 aromatic carbocycles. The molecule has 0 unspecified atom stereocenters. The third-order valence-corrected chi connectivity index (χ3v) is 3.43. The molecule has 0 saturated carbocycles. The van der Waals surface area contributed by atoms with Crippen molar-refractivity contribution in [2.75, 3.05) is 6.54 Å². The van der Waals surface area contributed by atoms with E-state index in [4.69, 9.17) is 11.8 Å². The molecule has 0 fully saturated rings. The quantitative estimate of drug-likeness (QED) is 0.672. The van der Waals surface area contributed by atoms with Gasteiger partial charge in [-0.05, 0) is 31.0 Å². The summed E-state index contributed by atoms with van der Waals surface area (Å²) in [5.74, 6) is -0.866. The SMILES string of the molecule is Cc1cccc(C(=O)NC(=O)C2=CN(Cl)CC=C2)c1C. The van der Waals surface area contributed by atoms with Crippen LogP contribution in [-0.2, 0) is 4.79 Å². The van der Waals surface area contributed by atoms with Gasteiger partial charge in [0.2, 0.25) is 0 Å². The van der Waals surface area contributed by atoms with Gasteiger partial charge in [-0.2, -0.15) is 0 Å². The fraction of sp³-hybridized carbons (Fsp3) is 0.200. The van der Waals surface area contributed by atoms with Crippen molar-refractivity contribution < 1.29 is 9.59 Å². The van der Waals surface area contributed by atoms with Gasteiger partial charge in [-0.25, -0.2) is 0 Å². The summed E-state index contributed by atoms with van der Waals surface area (Å²) in [6, 6.07) is 5.41. The summed E-state index contributed by atoms with van der Waals surface area (Å²) in [5, 5.41) is 2.37. The minimum Gasteiger partial charge on any atom is -0.288 e. The van der Waals surface area contributed by atoms with Gasteiger partial charge in [-0.1, -0.05) is 24.3 Å². The van der Waals surface area contributed by atoms with Crippen molar-refractivity contribution in [2.24, 2.45) is 0 Å². The van der Waals surface area contributed by atoms with Crippen LogP contribution in [-0.4, -0.2) is 22.8 Å². The third kappa shape index (κ3) is 3.08. The predicted octanol–water partition coefficient (Wildman–Crippen LogP) is 2.47. The summed E-state index contributed by atoms with van der Waals surface area (Å²) >= 11 is 5.80. The lowest BCUT2D eigenvalue weighted by Crippen LogP contribution is -2.32. The second-order valence-corrected chi connectivity index (χ2v) is 5.03. The topological polar surface area (TPSA) is 49.4 Å². The van der Waals surface area contributed by atoms with E-state index in [9.17, 15) is 9.59 Å². The van der Waals surface area contributed by atoms with E-state index in [1.165, 1.54) is 10.6 Å². The third-order valence-electron chi connectivity index (χ3n) is 3.19. The normalized spacial score (nSPS) is 13.9. The molecule has 1 N–H and O–H groups in total. The molecule has 0 radical (unpaired) electrons. The lowest BCUT2D eigenvalue weighted by atomic mass is 10.0. The molecule has 2 amide bonds. The Hall–Kier alpha value is -2.07. The first-order valence-corrected chi connectivity index (χ1v) is 6.55. The number of carbonyl (C=O) groups excluding carboxylic acids is 2. The van der Waals surface area contributed by atoms with Gasteiger partial charge < -0.3 is 0 Å². The van der Waals surface area contributed by atoms with Gasteiger partial charge in [0.1, 0.15) is 0 Å². The highest BCUT2D eigenvalue weighted by Gasteiger charge is 2.17. The first-order chi connectivity index (χ1) is 9.49. The Morgan fingerprint density at radius 3 is 2.70 bits per heavy atom. The molecule has 1 heterocycles. The highest BCUT2D eigenvalue weighted by atomic mass is 35.5. The fourth-order valence-corrected chi connectivity index (χ4v) is 2.09. The predicted molar refractivity (Wildman–Crippen MR) is 78.2 cm³/mol. The number of halogens is 1. The number of hydrogen-bond donors (Lipinski definition) is 1. The Labute approximate surface area is 122 Å². The van der Waals surface area contributed by atoms with Crippen molar-refractivity contribution in [3.8, 4) is 0 Å². The second-order valence-electron chi connectivity index (χ2n) is 4.60. The summed E-state index contributed by atoms with van der Waals surface area (Å²) in [6.45, 7) is 4.31. The maximum absolute atomic E-state index is 12.1. The standard InChI is InChI=1S/C15H15ClN2O2/c1-10-5-3-7-13(11(10)2)15(20)17-14(19)12-6-4-8-18(16)9-12/h3-7,9H,8H2,1-2H3,(H,17,19,20). The summed E-state index contributed by atoms with van der Waals surface area (Å²) < 4.78 is 1.36. The summed E-state index contributed by atoms with van der Waals surface area (Å²) in [6.07, 6.45) is 4.89. The van der Waals surface area contributed by atoms with Crippen molar-refractivity contribution in [2.45, 2.75) is 13.8 Å². The zero-order valence-corrected chi connectivity index (χ0v) is 12.1. The number of nitrogens with one attached hydrogen (secondary N) is 1. The summed E-state index contributed by atoms with van der Waals surface area (Å²) in [4.78, 5) is 24.1. The van der Waals surface area contributed by atoms with Crippen LogP contribution in [0, 0.1) is 13.8 Å². The average molecular weight is 291 g/mol. The minimum atomic E-state index is -0.461. The van der Waals surface area contributed by atoms with Gasteiger partial charge >= 0.3 is 0 Å². The van der Waals surface area contributed by atoms with Crippen LogP contribution in [0.25, 0.3) is 0 Å². The number of carbonyl (C=O) groups is 2. The first-order valence-electron chi connectivity index (χ1n) is 6.21. The van der Waals surface area contributed by atoms with E-state index >= 15 is 0 Å². The summed E-state index contributed by atoms with van der Waals surface area (Å²) in [7, 11) is 0. The lowest BCUT2D eigenvalue weighted by Gasteiger charge is -2.14. The van der Waals surface area contributed by atoms with Gasteiger partial charge in [-0.3, -0.25) is 19.3 Å². The van der Waals surface area contributed by atoms with Crippen LogP contribution >= 0.6 is 11.8 Å². The highest BCUT2D eigenvalue weighted by molar-refractivity contribution is 6.16. The Balaban J connectivity index is 2.14. The van der Waals surface area contributed by atoms with E-state index < -0.39 is 11.8 Å². The number of hydrogen-bond acceptors (Lipinski definition) is 3. The van der Waals surface area contributed by atoms with Crippen molar-refractivity contribution in [3.05, 3.63) is 58.8 Å². The molecule has 0 aromatic heterocycles. The van der Waals surface area contributed by atoms with E-state index in [-0.39, 0.29) is 0 Å². The average Bonchev–Trinajstić information content (AvgIpc) is 2.41. The molecule has 2 rings (SSSR count). The van der Waals surface area contributed by atoms with E-state index in [2.05, 4.69) is 5.32 Å². The first kappa shape index (κ1) is 14.3. The minimum absolute atomic E-state index is 0.352. The smallest absolute Gasteiger partial charge is 0.259 e. The van der Waals surface area contributed by atoms with E-state index in [0.717, 1.165) is 11.1 Å². The van der Waals surface area contributed by atoms with Crippen LogP contribution in [0.3, 0.4) is 0 Å². The number of rotatable bonds is 2. The van der Waals surface area contributed by atoms with Crippen LogP contribution in [0.1, 0.15) is 21.5 Å². The number of amides is 2. The molecule has 0 saturated heterocycles. The molecule has 0 bridgehead atoms. The largest absolute Gasteiger partial charge is 0.288 e. The van der Waals surface area contributed by atoms with Gasteiger partial charge in [0, 0.05) is 23.5 Å². The van der Waals surface area contributed by atoms with E-state index in [0.29, 0.717) is 17.7 Å². The molecule has 20 heavy (non-hydrogen) atoms. The van der Waals surface area contributed by atoms with Crippen molar-refractivity contribution >= 4 is 23.6 Å². The molecule has 1 aliphatic rings. The highest BCUT2D eigenvalue weighted by Crippen LogP contribution is 2.14. The molecule has 104 valence electrons. The maximum atomic E-state index is 12.1. The van der Waals surface area contributed by atoms with Crippen molar-refractivity contribution in [1.82, 2.24) is 9.74 Å². The Kier molecular flexibility index (Phi) is 4.25. The second kappa shape index (κ2) is 5.92. The molecule has 1 aliphatic heterocycles.